The monoisotopic (exact) mass is 464 g/mol. The molecule has 3 rings (SSSR count). The summed E-state index contributed by atoms with van der Waals surface area (Å²) in [6.07, 6.45) is 5.86. The molecule has 3 aliphatic rings. The quantitative estimate of drug-likeness (QED) is 0.431. The Labute approximate surface area is 195 Å². The second kappa shape index (κ2) is 7.87. The number of hydrogen-bond acceptors (Lipinski definition) is 5. The molecule has 5 nitrogen and oxygen atoms in total. The summed E-state index contributed by atoms with van der Waals surface area (Å²) in [6, 6.07) is 1.04. The predicted octanol–water partition coefficient (Wildman–Crippen LogP) is 4.93. The van der Waals surface area contributed by atoms with E-state index in [0.717, 1.165) is 37.3 Å². The van der Waals surface area contributed by atoms with E-state index in [1.165, 1.54) is 0 Å². The molecule has 2 N–H and O–H groups in total. The van der Waals surface area contributed by atoms with Gasteiger partial charge in [0, 0.05) is 6.42 Å². The molecule has 0 amide bonds. The molecule has 1 saturated heterocycles. The van der Waals surface area contributed by atoms with Crippen LogP contribution in [0.2, 0.25) is 19.1 Å². The molecule has 1 aliphatic heterocycles. The van der Waals surface area contributed by atoms with Crippen LogP contribution in [-0.4, -0.2) is 53.3 Å². The summed E-state index contributed by atoms with van der Waals surface area (Å²) >= 11 is 0. The lowest BCUT2D eigenvalue weighted by Crippen LogP contribution is -2.81. The van der Waals surface area contributed by atoms with E-state index in [1.807, 2.05) is 13.0 Å². The van der Waals surface area contributed by atoms with Gasteiger partial charge in [-0.15, -0.1) is 6.58 Å². The summed E-state index contributed by atoms with van der Waals surface area (Å²) in [7, 11) is -2.04. The summed E-state index contributed by atoms with van der Waals surface area (Å²) in [4.78, 5) is 13.9. The molecule has 0 aromatic carbocycles. The molecule has 1 heterocycles. The number of fused-ring (bicyclic) bond motifs is 3. The number of ether oxygens (including phenoxy) is 1. The average molecular weight is 465 g/mol. The number of ketones is 1. The third-order valence-corrected chi connectivity index (χ3v) is 11.2. The molecule has 32 heavy (non-hydrogen) atoms. The van der Waals surface area contributed by atoms with Crippen LogP contribution in [0.25, 0.3) is 0 Å². The van der Waals surface area contributed by atoms with Gasteiger partial charge in [-0.2, -0.15) is 0 Å². The molecule has 1 saturated carbocycles. The zero-order valence-corrected chi connectivity index (χ0v) is 22.4. The SMILES string of the molecule is C=C[C@@]1(C)CC(=O)[C@]2(O)[C@]3(C)C(=C[C@H](O)[C@@]2(C)O1)C(C)(C)CCC3O[Si](C)(C)CCCC. The second-order valence-corrected chi connectivity index (χ2v) is 16.4. The van der Waals surface area contributed by atoms with Gasteiger partial charge in [-0.05, 0) is 51.2 Å². The van der Waals surface area contributed by atoms with Crippen LogP contribution >= 0.6 is 0 Å². The topological polar surface area (TPSA) is 76.0 Å². The van der Waals surface area contributed by atoms with Crippen LogP contribution < -0.4 is 0 Å². The van der Waals surface area contributed by atoms with Gasteiger partial charge in [0.1, 0.15) is 11.7 Å². The van der Waals surface area contributed by atoms with E-state index in [2.05, 4.69) is 40.4 Å². The van der Waals surface area contributed by atoms with Gasteiger partial charge in [-0.1, -0.05) is 58.3 Å². The maximum absolute atomic E-state index is 13.9. The maximum atomic E-state index is 13.9. The number of carbonyl (C=O) groups is 1. The largest absolute Gasteiger partial charge is 0.413 e. The van der Waals surface area contributed by atoms with Gasteiger partial charge in [0.15, 0.2) is 19.7 Å². The first-order chi connectivity index (χ1) is 14.5. The van der Waals surface area contributed by atoms with Crippen LogP contribution in [0.4, 0.5) is 0 Å². The highest BCUT2D eigenvalue weighted by atomic mass is 28.4. The maximum Gasteiger partial charge on any atom is 0.187 e. The minimum Gasteiger partial charge on any atom is -0.413 e. The first-order valence-corrected chi connectivity index (χ1v) is 15.3. The van der Waals surface area contributed by atoms with Gasteiger partial charge in [0.25, 0.3) is 0 Å². The standard InChI is InChI=1S/C26H44O5Si/c1-10-12-15-32(8,9)30-21-13-14-22(3,4)18-16-19(27)25(7)26(29,24(18,21)6)20(28)17-23(5,11-2)31-25/h11,16,19,21,27,29H,2,10,12-15,17H2,1,3-9H3/t19-,21?,23-,24+,25+,26-/m0/s1. The minimum atomic E-state index is -2.04. The molecule has 1 unspecified atom stereocenters. The van der Waals surface area contributed by atoms with E-state index in [4.69, 9.17) is 9.16 Å². The summed E-state index contributed by atoms with van der Waals surface area (Å²) in [5.41, 5.74) is -4.73. The Kier molecular flexibility index (Phi) is 6.35. The Morgan fingerprint density at radius 3 is 2.47 bits per heavy atom. The Balaban J connectivity index is 2.20. The van der Waals surface area contributed by atoms with Crippen molar-refractivity contribution in [2.45, 2.75) is 122 Å². The Morgan fingerprint density at radius 1 is 1.28 bits per heavy atom. The Hall–Kier alpha value is -0.793. The van der Waals surface area contributed by atoms with Crippen molar-refractivity contribution < 1.29 is 24.2 Å². The highest BCUT2D eigenvalue weighted by Crippen LogP contribution is 2.65. The van der Waals surface area contributed by atoms with Crippen molar-refractivity contribution >= 4 is 14.1 Å². The van der Waals surface area contributed by atoms with Gasteiger partial charge in [-0.25, -0.2) is 0 Å². The molecule has 2 fully saturated rings. The van der Waals surface area contributed by atoms with Crippen LogP contribution in [0.1, 0.15) is 73.6 Å². The molecule has 0 radical (unpaired) electrons. The van der Waals surface area contributed by atoms with Crippen molar-refractivity contribution in [3.05, 3.63) is 24.3 Å². The van der Waals surface area contributed by atoms with Crippen molar-refractivity contribution in [2.75, 3.05) is 0 Å². The lowest BCUT2D eigenvalue weighted by Gasteiger charge is -2.67. The zero-order chi connectivity index (χ0) is 24.4. The lowest BCUT2D eigenvalue weighted by atomic mass is 9.44. The molecule has 0 aromatic rings. The summed E-state index contributed by atoms with van der Waals surface area (Å²) in [5, 5.41) is 23.8. The van der Waals surface area contributed by atoms with Crippen molar-refractivity contribution in [3.63, 3.8) is 0 Å². The molecule has 0 spiro atoms. The van der Waals surface area contributed by atoms with Crippen molar-refractivity contribution in [2.24, 2.45) is 10.8 Å². The van der Waals surface area contributed by atoms with Gasteiger partial charge in [0.2, 0.25) is 0 Å². The number of unbranched alkanes of at least 4 members (excludes halogenated alkanes) is 1. The number of carbonyl (C=O) groups excluding carboxylic acids is 1. The number of rotatable bonds is 6. The third-order valence-electron chi connectivity index (χ3n) is 8.71. The van der Waals surface area contributed by atoms with E-state index in [-0.39, 0.29) is 23.7 Å². The van der Waals surface area contributed by atoms with E-state index in [9.17, 15) is 15.0 Å². The van der Waals surface area contributed by atoms with Crippen LogP contribution in [0.15, 0.2) is 24.3 Å². The summed E-state index contributed by atoms with van der Waals surface area (Å²) in [5.74, 6) is -0.305. The van der Waals surface area contributed by atoms with E-state index < -0.39 is 36.6 Å². The van der Waals surface area contributed by atoms with Gasteiger partial charge >= 0.3 is 0 Å². The summed E-state index contributed by atoms with van der Waals surface area (Å²) in [6.45, 7) is 20.2. The fourth-order valence-electron chi connectivity index (χ4n) is 6.67. The average Bonchev–Trinajstić information content (AvgIpc) is 2.69. The summed E-state index contributed by atoms with van der Waals surface area (Å²) < 4.78 is 13.3. The van der Waals surface area contributed by atoms with Crippen LogP contribution in [0.3, 0.4) is 0 Å². The van der Waals surface area contributed by atoms with Crippen LogP contribution in [0, 0.1) is 10.8 Å². The molecule has 6 atom stereocenters. The molecule has 0 bridgehead atoms. The Bertz CT molecular complexity index is 819. The molecule has 6 heteroatoms. The van der Waals surface area contributed by atoms with Gasteiger partial charge in [-0.3, -0.25) is 4.79 Å². The molecule has 182 valence electrons. The van der Waals surface area contributed by atoms with E-state index in [0.29, 0.717) is 0 Å². The number of hydrogen-bond donors (Lipinski definition) is 2. The predicted molar refractivity (Wildman–Crippen MR) is 130 cm³/mol. The molecular formula is C26H44O5Si. The second-order valence-electron chi connectivity index (χ2n) is 12.2. The van der Waals surface area contributed by atoms with E-state index >= 15 is 0 Å². The minimum absolute atomic E-state index is 0.0159. The smallest absolute Gasteiger partial charge is 0.187 e. The fourth-order valence-corrected chi connectivity index (χ4v) is 9.12. The first kappa shape index (κ1) is 25.8. The van der Waals surface area contributed by atoms with Crippen LogP contribution in [-0.2, 0) is 14.0 Å². The molecule has 0 aromatic heterocycles. The number of aliphatic hydroxyl groups is 2. The van der Waals surface area contributed by atoms with Gasteiger partial charge in [0.05, 0.1) is 17.1 Å². The Morgan fingerprint density at radius 2 is 1.91 bits per heavy atom. The number of aliphatic hydroxyl groups excluding tert-OH is 1. The van der Waals surface area contributed by atoms with Crippen molar-refractivity contribution in [1.82, 2.24) is 0 Å². The van der Waals surface area contributed by atoms with Crippen molar-refractivity contribution in [1.29, 1.82) is 0 Å². The molecular weight excluding hydrogens is 420 g/mol. The van der Waals surface area contributed by atoms with Gasteiger partial charge < -0.3 is 19.4 Å². The van der Waals surface area contributed by atoms with Crippen molar-refractivity contribution in [3.8, 4) is 0 Å². The fraction of sp³-hybridized carbons (Fsp3) is 0.808. The lowest BCUT2D eigenvalue weighted by molar-refractivity contribution is -0.302. The normalized spacial score (nSPS) is 43.8. The highest BCUT2D eigenvalue weighted by molar-refractivity contribution is 6.71. The number of Topliss-reactive ketones (excluding diaryl/α,β-unsaturated/α-hetero) is 1. The zero-order valence-electron chi connectivity index (χ0n) is 21.4. The highest BCUT2D eigenvalue weighted by Gasteiger charge is 2.76. The van der Waals surface area contributed by atoms with Crippen LogP contribution in [0.5, 0.6) is 0 Å². The van der Waals surface area contributed by atoms with E-state index in [1.54, 1.807) is 19.9 Å². The molecule has 2 aliphatic carbocycles. The third kappa shape index (κ3) is 3.52. The first-order valence-electron chi connectivity index (χ1n) is 12.2.